The second-order valence-corrected chi connectivity index (χ2v) is 1.92. The van der Waals surface area contributed by atoms with Crippen LogP contribution in [-0.2, 0) is 4.79 Å². The van der Waals surface area contributed by atoms with Crippen molar-refractivity contribution in [2.24, 2.45) is 0 Å². The second-order valence-electron chi connectivity index (χ2n) is 1.92. The van der Waals surface area contributed by atoms with E-state index in [-0.39, 0.29) is 5.78 Å². The summed E-state index contributed by atoms with van der Waals surface area (Å²) in [5, 5.41) is 2.89. The van der Waals surface area contributed by atoms with E-state index in [1.807, 2.05) is 12.2 Å². The molecule has 0 aromatic rings. The lowest BCUT2D eigenvalue weighted by atomic mass is 10.1. The summed E-state index contributed by atoms with van der Waals surface area (Å²) in [6.07, 6.45) is 5.92. The average molecular weight is 123 g/mol. The Kier molecular flexibility index (Phi) is 1.68. The molecule has 0 heterocycles. The molecule has 0 unspecified atom stereocenters. The van der Waals surface area contributed by atoms with Crippen molar-refractivity contribution in [2.75, 3.05) is 7.05 Å². The van der Waals surface area contributed by atoms with Gasteiger partial charge in [0.25, 0.3) is 0 Å². The van der Waals surface area contributed by atoms with Gasteiger partial charge in [0.1, 0.15) is 0 Å². The van der Waals surface area contributed by atoms with Crippen LogP contribution in [0.25, 0.3) is 0 Å². The maximum atomic E-state index is 10.7. The first-order valence-corrected chi connectivity index (χ1v) is 2.92. The molecule has 9 heavy (non-hydrogen) atoms. The predicted octanol–water partition coefficient (Wildman–Crippen LogP) is 0.619. The van der Waals surface area contributed by atoms with E-state index in [1.165, 1.54) is 0 Å². The van der Waals surface area contributed by atoms with Gasteiger partial charge in [0.15, 0.2) is 5.78 Å². The summed E-state index contributed by atoms with van der Waals surface area (Å²) < 4.78 is 0. The number of allylic oxidation sites excluding steroid dienone is 3. The molecule has 0 spiro atoms. The summed E-state index contributed by atoms with van der Waals surface area (Å²) in [7, 11) is 1.80. The third kappa shape index (κ3) is 1.42. The second kappa shape index (κ2) is 2.49. The monoisotopic (exact) mass is 123 g/mol. The molecule has 48 valence electrons. The van der Waals surface area contributed by atoms with Gasteiger partial charge in [-0.15, -0.1) is 0 Å². The Bertz CT molecular complexity index is 179. The van der Waals surface area contributed by atoms with Crippen LogP contribution in [0, 0.1) is 0 Å². The first-order valence-electron chi connectivity index (χ1n) is 2.92. The van der Waals surface area contributed by atoms with Gasteiger partial charge in [0.2, 0.25) is 0 Å². The molecule has 0 bridgehead atoms. The quantitative estimate of drug-likeness (QED) is 0.553. The van der Waals surface area contributed by atoms with Gasteiger partial charge in [-0.2, -0.15) is 0 Å². The van der Waals surface area contributed by atoms with Gasteiger partial charge in [0.05, 0.1) is 0 Å². The highest BCUT2D eigenvalue weighted by atomic mass is 16.1. The molecular weight excluding hydrogens is 114 g/mol. The van der Waals surface area contributed by atoms with Crippen molar-refractivity contribution >= 4 is 5.78 Å². The SMILES string of the molecule is CNC1=CC(=O)CC=C1. The van der Waals surface area contributed by atoms with Crippen LogP contribution in [0.4, 0.5) is 0 Å². The summed E-state index contributed by atoms with van der Waals surface area (Å²) >= 11 is 0. The minimum Gasteiger partial charge on any atom is -0.388 e. The number of likely N-dealkylation sites (N-methyl/N-ethyl adjacent to an activating group) is 1. The zero-order valence-electron chi connectivity index (χ0n) is 5.35. The Labute approximate surface area is 54.3 Å². The van der Waals surface area contributed by atoms with Gasteiger partial charge >= 0.3 is 0 Å². The molecule has 2 nitrogen and oxygen atoms in total. The van der Waals surface area contributed by atoms with Crippen LogP contribution in [0.2, 0.25) is 0 Å². The van der Waals surface area contributed by atoms with E-state index in [2.05, 4.69) is 5.32 Å². The molecule has 0 atom stereocenters. The van der Waals surface area contributed by atoms with Crippen molar-refractivity contribution in [2.45, 2.75) is 6.42 Å². The minimum absolute atomic E-state index is 0.168. The molecule has 1 rings (SSSR count). The van der Waals surface area contributed by atoms with E-state index in [1.54, 1.807) is 13.1 Å². The van der Waals surface area contributed by atoms with Gasteiger partial charge in [-0.05, 0) is 6.08 Å². The Morgan fingerprint density at radius 2 is 2.44 bits per heavy atom. The van der Waals surface area contributed by atoms with Crippen LogP contribution in [0.5, 0.6) is 0 Å². The average Bonchev–Trinajstić information content (AvgIpc) is 1.88. The van der Waals surface area contributed by atoms with Crippen molar-refractivity contribution in [3.63, 3.8) is 0 Å². The largest absolute Gasteiger partial charge is 0.388 e. The summed E-state index contributed by atoms with van der Waals surface area (Å²) in [6, 6.07) is 0. The number of hydrogen-bond donors (Lipinski definition) is 1. The molecule has 1 N–H and O–H groups in total. The molecule has 0 fully saturated rings. The van der Waals surface area contributed by atoms with Crippen LogP contribution in [-0.4, -0.2) is 12.8 Å². The summed E-state index contributed by atoms with van der Waals surface area (Å²) in [6.45, 7) is 0. The fourth-order valence-electron chi connectivity index (χ4n) is 0.738. The van der Waals surface area contributed by atoms with E-state index < -0.39 is 0 Å². The van der Waals surface area contributed by atoms with Gasteiger partial charge in [-0.25, -0.2) is 0 Å². The number of nitrogens with one attached hydrogen (secondary N) is 1. The summed E-state index contributed by atoms with van der Waals surface area (Å²) in [5.74, 6) is 0.168. The lowest BCUT2D eigenvalue weighted by molar-refractivity contribution is -0.113. The molecule has 0 aromatic carbocycles. The topological polar surface area (TPSA) is 29.1 Å². The zero-order valence-corrected chi connectivity index (χ0v) is 5.35. The maximum absolute atomic E-state index is 10.7. The number of carbonyl (C=O) groups is 1. The van der Waals surface area contributed by atoms with Crippen molar-refractivity contribution in [3.05, 3.63) is 23.9 Å². The van der Waals surface area contributed by atoms with Crippen LogP contribution in [0.3, 0.4) is 0 Å². The van der Waals surface area contributed by atoms with E-state index in [9.17, 15) is 4.79 Å². The van der Waals surface area contributed by atoms with Crippen LogP contribution in [0.15, 0.2) is 23.9 Å². The van der Waals surface area contributed by atoms with Gasteiger partial charge < -0.3 is 5.32 Å². The summed E-state index contributed by atoms with van der Waals surface area (Å²) in [5.41, 5.74) is 0.895. The van der Waals surface area contributed by atoms with Crippen LogP contribution in [0.1, 0.15) is 6.42 Å². The highest BCUT2D eigenvalue weighted by Crippen LogP contribution is 2.01. The first kappa shape index (κ1) is 6.08. The van der Waals surface area contributed by atoms with Gasteiger partial charge in [-0.3, -0.25) is 4.79 Å². The number of ketones is 1. The molecule has 0 radical (unpaired) electrons. The van der Waals surface area contributed by atoms with E-state index >= 15 is 0 Å². The molecule has 0 aliphatic heterocycles. The molecule has 0 saturated heterocycles. The predicted molar refractivity (Wildman–Crippen MR) is 35.9 cm³/mol. The van der Waals surface area contributed by atoms with Crippen molar-refractivity contribution < 1.29 is 4.79 Å². The highest BCUT2D eigenvalue weighted by molar-refractivity contribution is 5.92. The molecular formula is C7H9NO. The molecule has 1 aliphatic rings. The Balaban J connectivity index is 2.70. The lowest BCUT2D eigenvalue weighted by Gasteiger charge is -2.02. The Morgan fingerprint density at radius 1 is 1.67 bits per heavy atom. The number of carbonyl (C=O) groups excluding carboxylic acids is 1. The Hall–Kier alpha value is -1.05. The first-order chi connectivity index (χ1) is 4.33. The van der Waals surface area contributed by atoms with Crippen molar-refractivity contribution in [1.29, 1.82) is 0 Å². The number of hydrogen-bond acceptors (Lipinski definition) is 2. The molecule has 0 saturated carbocycles. The van der Waals surface area contributed by atoms with Crippen LogP contribution >= 0.6 is 0 Å². The molecule has 2 heteroatoms. The summed E-state index contributed by atoms with van der Waals surface area (Å²) in [4.78, 5) is 10.7. The lowest BCUT2D eigenvalue weighted by Crippen LogP contribution is -2.08. The van der Waals surface area contributed by atoms with Gasteiger partial charge in [0, 0.05) is 25.2 Å². The molecule has 0 aromatic heterocycles. The maximum Gasteiger partial charge on any atom is 0.161 e. The third-order valence-corrected chi connectivity index (χ3v) is 1.22. The van der Waals surface area contributed by atoms with E-state index in [4.69, 9.17) is 0 Å². The van der Waals surface area contributed by atoms with E-state index in [0.717, 1.165) is 5.70 Å². The standard InChI is InChI=1S/C7H9NO/c1-8-6-3-2-4-7(9)5-6/h2-3,5,8H,4H2,1H3. The smallest absolute Gasteiger partial charge is 0.161 e. The van der Waals surface area contributed by atoms with Crippen LogP contribution < -0.4 is 5.32 Å². The Morgan fingerprint density at radius 3 is 2.89 bits per heavy atom. The van der Waals surface area contributed by atoms with E-state index in [0.29, 0.717) is 6.42 Å². The molecule has 1 aliphatic carbocycles. The minimum atomic E-state index is 0.168. The normalized spacial score (nSPS) is 17.4. The fourth-order valence-corrected chi connectivity index (χ4v) is 0.738. The zero-order chi connectivity index (χ0) is 6.69. The third-order valence-electron chi connectivity index (χ3n) is 1.22. The molecule has 0 amide bonds. The fraction of sp³-hybridized carbons (Fsp3) is 0.286. The van der Waals surface area contributed by atoms with Gasteiger partial charge in [-0.1, -0.05) is 6.08 Å². The van der Waals surface area contributed by atoms with Crippen molar-refractivity contribution in [3.8, 4) is 0 Å². The number of rotatable bonds is 1. The highest BCUT2D eigenvalue weighted by Gasteiger charge is 2.00. The van der Waals surface area contributed by atoms with Crippen molar-refractivity contribution in [1.82, 2.24) is 5.32 Å².